The number of nitrogens with zero attached hydrogens (tertiary/aromatic N) is 2. The van der Waals surface area contributed by atoms with E-state index in [0.717, 1.165) is 56.5 Å². The van der Waals surface area contributed by atoms with Gasteiger partial charge in [-0.1, -0.05) is 12.1 Å². The standard InChI is InChI=1S/C21H29N3O3/c1-17(15-24-8-10-26-11-9-24)23-14-18-5-6-20(25-2)21(12-18)27-16-19-4-3-7-22-13-19/h3-7,12-13,17,23H,8-11,14-16H2,1-2H3. The first-order valence-electron chi connectivity index (χ1n) is 9.46. The minimum atomic E-state index is 0.407. The summed E-state index contributed by atoms with van der Waals surface area (Å²) in [5.41, 5.74) is 2.20. The SMILES string of the molecule is COc1ccc(CNC(C)CN2CCOCC2)cc1OCc1cccnc1. The minimum Gasteiger partial charge on any atom is -0.493 e. The number of rotatable bonds is 9. The fourth-order valence-electron chi connectivity index (χ4n) is 3.12. The van der Waals surface area contributed by atoms with Crippen molar-refractivity contribution >= 4 is 0 Å². The Morgan fingerprint density at radius 2 is 2.04 bits per heavy atom. The van der Waals surface area contributed by atoms with Crippen LogP contribution in [0.4, 0.5) is 0 Å². The quantitative estimate of drug-likeness (QED) is 0.731. The molecule has 2 heterocycles. The molecule has 1 aliphatic rings. The molecule has 1 aromatic heterocycles. The topological polar surface area (TPSA) is 55.9 Å². The van der Waals surface area contributed by atoms with Crippen LogP contribution in [0.2, 0.25) is 0 Å². The number of benzene rings is 1. The fourth-order valence-corrected chi connectivity index (χ4v) is 3.12. The van der Waals surface area contributed by atoms with Crippen LogP contribution >= 0.6 is 0 Å². The van der Waals surface area contributed by atoms with Gasteiger partial charge in [0.1, 0.15) is 6.61 Å². The molecule has 1 saturated heterocycles. The first-order chi connectivity index (χ1) is 13.2. The molecule has 1 aromatic carbocycles. The smallest absolute Gasteiger partial charge is 0.161 e. The van der Waals surface area contributed by atoms with Crippen LogP contribution in [-0.2, 0) is 17.9 Å². The van der Waals surface area contributed by atoms with Gasteiger partial charge >= 0.3 is 0 Å². The summed E-state index contributed by atoms with van der Waals surface area (Å²) >= 11 is 0. The van der Waals surface area contributed by atoms with Crippen LogP contribution in [0.5, 0.6) is 11.5 Å². The third-order valence-electron chi connectivity index (χ3n) is 4.64. The summed E-state index contributed by atoms with van der Waals surface area (Å²) in [4.78, 5) is 6.56. The zero-order valence-corrected chi connectivity index (χ0v) is 16.2. The largest absolute Gasteiger partial charge is 0.493 e. The third kappa shape index (κ3) is 6.20. The molecule has 2 aromatic rings. The molecule has 6 nitrogen and oxygen atoms in total. The Labute approximate surface area is 161 Å². The number of morpholine rings is 1. The van der Waals surface area contributed by atoms with Gasteiger partial charge in [-0.2, -0.15) is 0 Å². The van der Waals surface area contributed by atoms with Crippen molar-refractivity contribution in [2.24, 2.45) is 0 Å². The van der Waals surface area contributed by atoms with Gasteiger partial charge < -0.3 is 19.5 Å². The Morgan fingerprint density at radius 1 is 1.19 bits per heavy atom. The molecule has 0 spiro atoms. The predicted octanol–water partition coefficient (Wildman–Crippen LogP) is 2.48. The van der Waals surface area contributed by atoms with E-state index in [1.807, 2.05) is 30.5 Å². The van der Waals surface area contributed by atoms with E-state index in [1.54, 1.807) is 13.3 Å². The van der Waals surface area contributed by atoms with Gasteiger partial charge in [0.25, 0.3) is 0 Å². The van der Waals surface area contributed by atoms with Crippen LogP contribution in [0, 0.1) is 0 Å². The minimum absolute atomic E-state index is 0.407. The molecule has 1 atom stereocenters. The molecule has 1 N–H and O–H groups in total. The molecule has 0 aliphatic carbocycles. The maximum absolute atomic E-state index is 5.97. The van der Waals surface area contributed by atoms with Gasteiger partial charge in [-0.05, 0) is 30.7 Å². The fraction of sp³-hybridized carbons (Fsp3) is 0.476. The highest BCUT2D eigenvalue weighted by molar-refractivity contribution is 5.43. The summed E-state index contributed by atoms with van der Waals surface area (Å²) < 4.78 is 16.8. The molecular formula is C21H29N3O3. The number of hydrogen-bond donors (Lipinski definition) is 1. The first-order valence-corrected chi connectivity index (χ1v) is 9.46. The van der Waals surface area contributed by atoms with Gasteiger partial charge in [0, 0.05) is 50.2 Å². The molecule has 0 saturated carbocycles. The van der Waals surface area contributed by atoms with Crippen molar-refractivity contribution in [2.75, 3.05) is 40.0 Å². The lowest BCUT2D eigenvalue weighted by Crippen LogP contribution is -2.44. The summed E-state index contributed by atoms with van der Waals surface area (Å²) in [7, 11) is 1.66. The van der Waals surface area contributed by atoms with E-state index in [2.05, 4.69) is 28.2 Å². The second-order valence-electron chi connectivity index (χ2n) is 6.83. The van der Waals surface area contributed by atoms with Crippen molar-refractivity contribution in [3.05, 3.63) is 53.9 Å². The Kier molecular flexibility index (Phi) is 7.45. The van der Waals surface area contributed by atoms with Crippen molar-refractivity contribution < 1.29 is 14.2 Å². The summed E-state index contributed by atoms with van der Waals surface area (Å²) in [6.45, 7) is 8.21. The molecule has 1 unspecified atom stereocenters. The average Bonchev–Trinajstić information content (AvgIpc) is 2.72. The number of pyridine rings is 1. The van der Waals surface area contributed by atoms with Gasteiger partial charge in [-0.15, -0.1) is 0 Å². The van der Waals surface area contributed by atoms with Gasteiger partial charge in [-0.3, -0.25) is 9.88 Å². The third-order valence-corrected chi connectivity index (χ3v) is 4.64. The van der Waals surface area contributed by atoms with Gasteiger partial charge in [-0.25, -0.2) is 0 Å². The Balaban J connectivity index is 1.53. The Morgan fingerprint density at radius 3 is 2.78 bits per heavy atom. The Hall–Kier alpha value is -2.15. The van der Waals surface area contributed by atoms with Crippen LogP contribution in [0.25, 0.3) is 0 Å². The summed E-state index contributed by atoms with van der Waals surface area (Å²) in [6, 6.07) is 10.4. The number of hydrogen-bond acceptors (Lipinski definition) is 6. The second-order valence-corrected chi connectivity index (χ2v) is 6.83. The predicted molar refractivity (Wildman–Crippen MR) is 105 cm³/mol. The van der Waals surface area contributed by atoms with Crippen LogP contribution in [0.1, 0.15) is 18.1 Å². The zero-order chi connectivity index (χ0) is 18.9. The Bertz CT molecular complexity index is 690. The highest BCUT2D eigenvalue weighted by Gasteiger charge is 2.14. The summed E-state index contributed by atoms with van der Waals surface area (Å²) in [5.74, 6) is 1.49. The average molecular weight is 371 g/mol. The summed E-state index contributed by atoms with van der Waals surface area (Å²) in [5, 5.41) is 3.60. The number of ether oxygens (including phenoxy) is 3. The number of methoxy groups -OCH3 is 1. The van der Waals surface area contributed by atoms with Crippen LogP contribution in [0.3, 0.4) is 0 Å². The molecule has 6 heteroatoms. The lowest BCUT2D eigenvalue weighted by Gasteiger charge is -2.29. The van der Waals surface area contributed by atoms with Crippen molar-refractivity contribution in [3.8, 4) is 11.5 Å². The van der Waals surface area contributed by atoms with E-state index < -0.39 is 0 Å². The molecule has 3 rings (SSSR count). The number of aromatic nitrogens is 1. The summed E-state index contributed by atoms with van der Waals surface area (Å²) in [6.07, 6.45) is 3.57. The molecule has 0 bridgehead atoms. The van der Waals surface area contributed by atoms with Gasteiger partial charge in [0.2, 0.25) is 0 Å². The highest BCUT2D eigenvalue weighted by Crippen LogP contribution is 2.28. The monoisotopic (exact) mass is 371 g/mol. The first kappa shape index (κ1) is 19.6. The second kappa shape index (κ2) is 10.3. The van der Waals surface area contributed by atoms with E-state index in [9.17, 15) is 0 Å². The van der Waals surface area contributed by atoms with Crippen molar-refractivity contribution in [2.45, 2.75) is 26.1 Å². The normalized spacial score (nSPS) is 16.1. The van der Waals surface area contributed by atoms with Gasteiger partial charge in [0.15, 0.2) is 11.5 Å². The van der Waals surface area contributed by atoms with Crippen LogP contribution in [0.15, 0.2) is 42.7 Å². The molecule has 146 valence electrons. The van der Waals surface area contributed by atoms with Crippen LogP contribution < -0.4 is 14.8 Å². The van der Waals surface area contributed by atoms with E-state index in [1.165, 1.54) is 5.56 Å². The van der Waals surface area contributed by atoms with E-state index in [0.29, 0.717) is 12.6 Å². The molecule has 0 amide bonds. The van der Waals surface area contributed by atoms with E-state index in [-0.39, 0.29) is 0 Å². The highest BCUT2D eigenvalue weighted by atomic mass is 16.5. The number of nitrogens with one attached hydrogen (secondary N) is 1. The molecular weight excluding hydrogens is 342 g/mol. The van der Waals surface area contributed by atoms with Crippen molar-refractivity contribution in [1.82, 2.24) is 15.2 Å². The molecule has 1 aliphatic heterocycles. The van der Waals surface area contributed by atoms with Gasteiger partial charge in [0.05, 0.1) is 20.3 Å². The lowest BCUT2D eigenvalue weighted by molar-refractivity contribution is 0.0343. The molecule has 1 fully saturated rings. The van der Waals surface area contributed by atoms with Crippen LogP contribution in [-0.4, -0.2) is 55.9 Å². The zero-order valence-electron chi connectivity index (χ0n) is 16.2. The molecule has 0 radical (unpaired) electrons. The lowest BCUT2D eigenvalue weighted by atomic mass is 10.2. The maximum atomic E-state index is 5.97. The van der Waals surface area contributed by atoms with E-state index in [4.69, 9.17) is 14.2 Å². The molecule has 27 heavy (non-hydrogen) atoms. The maximum Gasteiger partial charge on any atom is 0.161 e. The van der Waals surface area contributed by atoms with E-state index >= 15 is 0 Å². The van der Waals surface area contributed by atoms with Crippen molar-refractivity contribution in [1.29, 1.82) is 0 Å². The van der Waals surface area contributed by atoms with Crippen molar-refractivity contribution in [3.63, 3.8) is 0 Å².